The van der Waals surface area contributed by atoms with E-state index in [1.54, 1.807) is 4.90 Å². The Labute approximate surface area is 126 Å². The molecule has 0 aromatic heterocycles. The quantitative estimate of drug-likeness (QED) is 0.822. The van der Waals surface area contributed by atoms with Crippen LogP contribution in [0.5, 0.6) is 0 Å². The predicted molar refractivity (Wildman–Crippen MR) is 80.2 cm³/mol. The van der Waals surface area contributed by atoms with Gasteiger partial charge in [-0.25, -0.2) is 4.79 Å². The molecule has 2 saturated heterocycles. The topological polar surface area (TPSA) is 72.9 Å². The van der Waals surface area contributed by atoms with E-state index in [9.17, 15) is 9.59 Å². The molecule has 6 nitrogen and oxygen atoms in total. The highest BCUT2D eigenvalue weighted by Gasteiger charge is 2.28. The third-order valence-electron chi connectivity index (χ3n) is 4.62. The molecular weight excluding hydrogens is 270 g/mol. The van der Waals surface area contributed by atoms with Gasteiger partial charge in [0.05, 0.1) is 5.92 Å². The number of likely N-dealkylation sites (tertiary alicyclic amines) is 2. The van der Waals surface area contributed by atoms with Crippen molar-refractivity contribution in [1.82, 2.24) is 15.1 Å². The maximum atomic E-state index is 12.2. The van der Waals surface area contributed by atoms with Crippen LogP contribution >= 0.6 is 0 Å². The highest BCUT2D eigenvalue weighted by atomic mass is 16.4. The van der Waals surface area contributed by atoms with Gasteiger partial charge in [0.2, 0.25) is 0 Å². The van der Waals surface area contributed by atoms with Crippen LogP contribution in [0.2, 0.25) is 0 Å². The third kappa shape index (κ3) is 4.59. The van der Waals surface area contributed by atoms with Crippen LogP contribution in [0.3, 0.4) is 0 Å². The molecule has 2 amide bonds. The lowest BCUT2D eigenvalue weighted by Gasteiger charge is -2.34. The number of nitrogens with one attached hydrogen (secondary N) is 1. The Morgan fingerprint density at radius 2 is 1.90 bits per heavy atom. The van der Waals surface area contributed by atoms with Gasteiger partial charge in [-0.1, -0.05) is 6.42 Å². The number of nitrogens with zero attached hydrogens (tertiary/aromatic N) is 2. The molecule has 0 spiro atoms. The molecule has 0 saturated carbocycles. The summed E-state index contributed by atoms with van der Waals surface area (Å²) in [5.74, 6) is -1.21. The van der Waals surface area contributed by atoms with Crippen molar-refractivity contribution in [3.05, 3.63) is 0 Å². The van der Waals surface area contributed by atoms with Gasteiger partial charge in [0, 0.05) is 25.7 Å². The van der Waals surface area contributed by atoms with E-state index in [4.69, 9.17) is 5.11 Å². The average Bonchev–Trinajstić information content (AvgIpc) is 2.53. The Morgan fingerprint density at radius 3 is 2.57 bits per heavy atom. The summed E-state index contributed by atoms with van der Waals surface area (Å²) in [5, 5.41) is 12.0. The summed E-state index contributed by atoms with van der Waals surface area (Å²) in [6, 6.07) is 0.221. The molecule has 1 unspecified atom stereocenters. The summed E-state index contributed by atoms with van der Waals surface area (Å²) < 4.78 is 0. The summed E-state index contributed by atoms with van der Waals surface area (Å²) in [4.78, 5) is 27.2. The van der Waals surface area contributed by atoms with Gasteiger partial charge in [-0.2, -0.15) is 0 Å². The number of carboxylic acids is 1. The fourth-order valence-corrected chi connectivity index (χ4v) is 3.20. The highest BCUT2D eigenvalue weighted by Crippen LogP contribution is 2.16. The number of hydrogen-bond donors (Lipinski definition) is 2. The molecule has 0 aliphatic carbocycles. The third-order valence-corrected chi connectivity index (χ3v) is 4.62. The molecule has 2 rings (SSSR count). The molecule has 2 fully saturated rings. The van der Waals surface area contributed by atoms with Gasteiger partial charge in [0.1, 0.15) is 0 Å². The van der Waals surface area contributed by atoms with E-state index >= 15 is 0 Å². The number of hydrogen-bond acceptors (Lipinski definition) is 3. The number of piperidine rings is 2. The second-order valence-electron chi connectivity index (χ2n) is 6.26. The molecule has 2 heterocycles. The SMILES string of the molecule is CC(CNC(=O)N1CCC[C@@H](C(=O)O)C1)N1CCCCC1. The Hall–Kier alpha value is -1.30. The second-order valence-corrected chi connectivity index (χ2v) is 6.26. The van der Waals surface area contributed by atoms with Gasteiger partial charge in [-0.3, -0.25) is 9.69 Å². The van der Waals surface area contributed by atoms with Crippen molar-refractivity contribution in [2.45, 2.75) is 45.1 Å². The highest BCUT2D eigenvalue weighted by molar-refractivity contribution is 5.76. The Balaban J connectivity index is 1.74. The molecule has 120 valence electrons. The smallest absolute Gasteiger partial charge is 0.317 e. The van der Waals surface area contributed by atoms with Gasteiger partial charge in [0.25, 0.3) is 0 Å². The van der Waals surface area contributed by atoms with Gasteiger partial charge < -0.3 is 15.3 Å². The first-order valence-electron chi connectivity index (χ1n) is 8.07. The summed E-state index contributed by atoms with van der Waals surface area (Å²) in [5.41, 5.74) is 0. The fraction of sp³-hybridized carbons (Fsp3) is 0.867. The number of carboxylic acid groups (broad SMARTS) is 1. The van der Waals surface area contributed by atoms with E-state index in [2.05, 4.69) is 17.1 Å². The molecule has 2 atom stereocenters. The van der Waals surface area contributed by atoms with E-state index in [1.807, 2.05) is 0 Å². The van der Waals surface area contributed by atoms with E-state index in [0.29, 0.717) is 32.1 Å². The number of aliphatic carboxylic acids is 1. The van der Waals surface area contributed by atoms with Crippen molar-refractivity contribution in [2.24, 2.45) is 5.92 Å². The maximum absolute atomic E-state index is 12.2. The van der Waals surface area contributed by atoms with E-state index in [-0.39, 0.29) is 6.03 Å². The van der Waals surface area contributed by atoms with Crippen LogP contribution in [0.1, 0.15) is 39.0 Å². The Morgan fingerprint density at radius 1 is 1.19 bits per heavy atom. The lowest BCUT2D eigenvalue weighted by molar-refractivity contribution is -0.143. The van der Waals surface area contributed by atoms with Crippen molar-refractivity contribution < 1.29 is 14.7 Å². The van der Waals surface area contributed by atoms with Crippen molar-refractivity contribution in [1.29, 1.82) is 0 Å². The number of urea groups is 1. The molecule has 2 N–H and O–H groups in total. The standard InChI is InChI=1S/C15H27N3O3/c1-12(17-7-3-2-4-8-17)10-16-15(21)18-9-5-6-13(11-18)14(19)20/h12-13H,2-11H2,1H3,(H,16,21)(H,19,20)/t12?,13-/m1/s1. The molecule has 2 aliphatic heterocycles. The van der Waals surface area contributed by atoms with Crippen LogP contribution in [0, 0.1) is 5.92 Å². The average molecular weight is 297 g/mol. The van der Waals surface area contributed by atoms with Gasteiger partial charge in [0.15, 0.2) is 0 Å². The van der Waals surface area contributed by atoms with E-state index in [0.717, 1.165) is 19.5 Å². The summed E-state index contributed by atoms with van der Waals surface area (Å²) >= 11 is 0. The lowest BCUT2D eigenvalue weighted by Crippen LogP contribution is -2.50. The van der Waals surface area contributed by atoms with Crippen LogP contribution in [0.25, 0.3) is 0 Å². The first-order chi connectivity index (χ1) is 10.1. The first kappa shape index (κ1) is 16.1. The van der Waals surface area contributed by atoms with Crippen LogP contribution < -0.4 is 5.32 Å². The molecule has 0 radical (unpaired) electrons. The molecule has 0 bridgehead atoms. The maximum Gasteiger partial charge on any atom is 0.317 e. The largest absolute Gasteiger partial charge is 0.481 e. The Kier molecular flexibility index (Phi) is 5.85. The Bertz CT molecular complexity index is 369. The second kappa shape index (κ2) is 7.64. The molecule has 6 heteroatoms. The van der Waals surface area contributed by atoms with Crippen LogP contribution in [-0.2, 0) is 4.79 Å². The number of rotatable bonds is 4. The number of carbonyl (C=O) groups excluding carboxylic acids is 1. The normalized spacial score (nSPS) is 25.4. The van der Waals surface area contributed by atoms with Crippen molar-refractivity contribution >= 4 is 12.0 Å². The molecule has 2 aliphatic rings. The van der Waals surface area contributed by atoms with Gasteiger partial charge in [-0.15, -0.1) is 0 Å². The van der Waals surface area contributed by atoms with E-state index < -0.39 is 11.9 Å². The zero-order valence-electron chi connectivity index (χ0n) is 12.9. The van der Waals surface area contributed by atoms with Crippen LogP contribution in [0.15, 0.2) is 0 Å². The monoisotopic (exact) mass is 297 g/mol. The summed E-state index contributed by atoms with van der Waals surface area (Å²) in [6.07, 6.45) is 5.23. The number of amides is 2. The molecule has 0 aromatic carbocycles. The van der Waals surface area contributed by atoms with E-state index in [1.165, 1.54) is 19.3 Å². The van der Waals surface area contributed by atoms with Crippen molar-refractivity contribution in [2.75, 3.05) is 32.7 Å². The van der Waals surface area contributed by atoms with Crippen molar-refractivity contribution in [3.8, 4) is 0 Å². The van der Waals surface area contributed by atoms with Gasteiger partial charge in [-0.05, 0) is 45.7 Å². The summed E-state index contributed by atoms with van der Waals surface area (Å²) in [7, 11) is 0. The van der Waals surface area contributed by atoms with Crippen LogP contribution in [0.4, 0.5) is 4.79 Å². The lowest BCUT2D eigenvalue weighted by atomic mass is 9.99. The number of carbonyl (C=O) groups is 2. The fourth-order valence-electron chi connectivity index (χ4n) is 3.20. The zero-order valence-corrected chi connectivity index (χ0v) is 12.9. The minimum atomic E-state index is -0.797. The predicted octanol–water partition coefficient (Wildman–Crippen LogP) is 1.37. The van der Waals surface area contributed by atoms with Crippen molar-refractivity contribution in [3.63, 3.8) is 0 Å². The minimum absolute atomic E-state index is 0.121. The minimum Gasteiger partial charge on any atom is -0.481 e. The molecule has 21 heavy (non-hydrogen) atoms. The molecular formula is C15H27N3O3. The summed E-state index contributed by atoms with van der Waals surface area (Å²) in [6.45, 7) is 5.99. The first-order valence-corrected chi connectivity index (χ1v) is 8.07. The molecule has 0 aromatic rings. The van der Waals surface area contributed by atoms with Gasteiger partial charge >= 0.3 is 12.0 Å². The zero-order chi connectivity index (χ0) is 15.2. The van der Waals surface area contributed by atoms with Crippen LogP contribution in [-0.4, -0.2) is 65.7 Å².